The first-order valence-corrected chi connectivity index (χ1v) is 12.2. The SMILES string of the molecule is C[C@@H](C1=CC=C(n2c(-c3cccnc3N)nc3ccc(-c4ccccc4)nc32)C1)N1CCNCC1. The predicted molar refractivity (Wildman–Crippen MR) is 141 cm³/mol. The first-order valence-electron chi connectivity index (χ1n) is 12.2. The summed E-state index contributed by atoms with van der Waals surface area (Å²) >= 11 is 0. The lowest BCUT2D eigenvalue weighted by Crippen LogP contribution is -2.47. The topological polar surface area (TPSA) is 84.9 Å². The minimum absolute atomic E-state index is 0.389. The van der Waals surface area contributed by atoms with Crippen molar-refractivity contribution in [3.05, 3.63) is 78.5 Å². The summed E-state index contributed by atoms with van der Waals surface area (Å²) in [6.45, 7) is 6.54. The predicted octanol–water partition coefficient (Wildman–Crippen LogP) is 4.21. The second kappa shape index (κ2) is 9.09. The molecule has 7 nitrogen and oxygen atoms in total. The van der Waals surface area contributed by atoms with Gasteiger partial charge in [0.2, 0.25) is 0 Å². The molecular weight excluding hydrogens is 434 g/mol. The molecule has 1 saturated heterocycles. The van der Waals surface area contributed by atoms with Crippen LogP contribution in [0.25, 0.3) is 39.5 Å². The van der Waals surface area contributed by atoms with E-state index in [0.717, 1.165) is 72.1 Å². The summed E-state index contributed by atoms with van der Waals surface area (Å²) in [6.07, 6.45) is 7.04. The van der Waals surface area contributed by atoms with Crippen molar-refractivity contribution in [1.29, 1.82) is 0 Å². The summed E-state index contributed by atoms with van der Waals surface area (Å²) in [5, 5.41) is 3.45. The number of nitrogens with zero attached hydrogens (tertiary/aromatic N) is 5. The zero-order chi connectivity index (χ0) is 23.8. The van der Waals surface area contributed by atoms with Crippen molar-refractivity contribution < 1.29 is 0 Å². The van der Waals surface area contributed by atoms with E-state index in [9.17, 15) is 0 Å². The number of nitrogens with two attached hydrogens (primary N) is 1. The lowest BCUT2D eigenvalue weighted by atomic mass is 10.0. The van der Waals surface area contributed by atoms with E-state index < -0.39 is 0 Å². The van der Waals surface area contributed by atoms with Gasteiger partial charge < -0.3 is 11.1 Å². The molecule has 0 saturated carbocycles. The van der Waals surface area contributed by atoms with Crippen LogP contribution in [0.1, 0.15) is 13.3 Å². The number of aromatic nitrogens is 4. The molecule has 176 valence electrons. The average Bonchev–Trinajstić information content (AvgIpc) is 3.54. The molecule has 0 radical (unpaired) electrons. The van der Waals surface area contributed by atoms with Crippen LogP contribution in [-0.4, -0.2) is 56.6 Å². The molecule has 4 heterocycles. The second-order valence-corrected chi connectivity index (χ2v) is 9.15. The van der Waals surface area contributed by atoms with Crippen molar-refractivity contribution in [2.45, 2.75) is 19.4 Å². The Balaban J connectivity index is 1.43. The number of fused-ring (bicyclic) bond motifs is 1. The van der Waals surface area contributed by atoms with Crippen LogP contribution in [0.2, 0.25) is 0 Å². The maximum Gasteiger partial charge on any atom is 0.165 e. The summed E-state index contributed by atoms with van der Waals surface area (Å²) in [5.41, 5.74) is 13.4. The van der Waals surface area contributed by atoms with E-state index in [4.69, 9.17) is 15.7 Å². The molecule has 3 aromatic heterocycles. The van der Waals surface area contributed by atoms with E-state index in [2.05, 4.69) is 51.0 Å². The fourth-order valence-corrected chi connectivity index (χ4v) is 5.06. The van der Waals surface area contributed by atoms with Crippen LogP contribution in [0, 0.1) is 0 Å². The standard InChI is InChI=1S/C28H29N7/c1-19(34-16-14-30-15-17-34)21-9-10-22(18-21)35-27(23-8-5-13-31-26(23)29)33-25-12-11-24(32-28(25)35)20-6-3-2-4-7-20/h2-13,19,30H,14-18H2,1H3,(H2,29,31)/t19-/m0/s1. The Labute approximate surface area is 205 Å². The van der Waals surface area contributed by atoms with Gasteiger partial charge in [-0.15, -0.1) is 0 Å². The van der Waals surface area contributed by atoms with Gasteiger partial charge in [0.05, 0.1) is 11.3 Å². The van der Waals surface area contributed by atoms with E-state index in [-0.39, 0.29) is 0 Å². The molecular formula is C28H29N7. The Morgan fingerprint density at radius 2 is 1.77 bits per heavy atom. The fourth-order valence-electron chi connectivity index (χ4n) is 5.06. The highest BCUT2D eigenvalue weighted by Gasteiger charge is 2.26. The number of pyridine rings is 2. The minimum atomic E-state index is 0.389. The average molecular weight is 464 g/mol. The van der Waals surface area contributed by atoms with Gasteiger partial charge in [0.1, 0.15) is 17.2 Å². The largest absolute Gasteiger partial charge is 0.383 e. The third kappa shape index (κ3) is 4.03. The van der Waals surface area contributed by atoms with Gasteiger partial charge in [0, 0.05) is 56.1 Å². The minimum Gasteiger partial charge on any atom is -0.383 e. The van der Waals surface area contributed by atoms with E-state index in [0.29, 0.717) is 11.9 Å². The van der Waals surface area contributed by atoms with Crippen molar-refractivity contribution in [3.63, 3.8) is 0 Å². The van der Waals surface area contributed by atoms with E-state index in [1.807, 2.05) is 42.5 Å². The molecule has 1 fully saturated rings. The molecule has 1 aliphatic carbocycles. The van der Waals surface area contributed by atoms with Gasteiger partial charge in [0.15, 0.2) is 5.65 Å². The van der Waals surface area contributed by atoms with Gasteiger partial charge >= 0.3 is 0 Å². The van der Waals surface area contributed by atoms with Crippen LogP contribution in [0.3, 0.4) is 0 Å². The number of allylic oxidation sites excluding steroid dienone is 3. The molecule has 3 N–H and O–H groups in total. The molecule has 2 aliphatic rings. The number of anilines is 1. The molecule has 7 heteroatoms. The summed E-state index contributed by atoms with van der Waals surface area (Å²) in [5.74, 6) is 1.24. The van der Waals surface area contributed by atoms with Crippen molar-refractivity contribution in [2.24, 2.45) is 0 Å². The monoisotopic (exact) mass is 463 g/mol. The van der Waals surface area contributed by atoms with Crippen LogP contribution < -0.4 is 11.1 Å². The number of nitrogens with one attached hydrogen (secondary N) is 1. The van der Waals surface area contributed by atoms with Gasteiger partial charge in [-0.1, -0.05) is 36.4 Å². The Kier molecular flexibility index (Phi) is 5.64. The zero-order valence-corrected chi connectivity index (χ0v) is 19.9. The Hall–Kier alpha value is -3.81. The molecule has 1 aromatic carbocycles. The summed E-state index contributed by atoms with van der Waals surface area (Å²) in [6, 6.07) is 18.6. The maximum absolute atomic E-state index is 6.31. The van der Waals surface area contributed by atoms with E-state index >= 15 is 0 Å². The number of piperazine rings is 1. The summed E-state index contributed by atoms with van der Waals surface area (Å²) in [7, 11) is 0. The Bertz CT molecular complexity index is 1430. The third-order valence-corrected chi connectivity index (χ3v) is 7.05. The van der Waals surface area contributed by atoms with Crippen LogP contribution in [-0.2, 0) is 0 Å². The summed E-state index contributed by atoms with van der Waals surface area (Å²) < 4.78 is 2.17. The Morgan fingerprint density at radius 1 is 0.943 bits per heavy atom. The van der Waals surface area contributed by atoms with Crippen molar-refractivity contribution in [2.75, 3.05) is 31.9 Å². The van der Waals surface area contributed by atoms with Crippen LogP contribution >= 0.6 is 0 Å². The molecule has 35 heavy (non-hydrogen) atoms. The highest BCUT2D eigenvalue weighted by atomic mass is 15.2. The highest BCUT2D eigenvalue weighted by molar-refractivity contribution is 5.87. The van der Waals surface area contributed by atoms with Gasteiger partial charge in [0.25, 0.3) is 0 Å². The van der Waals surface area contributed by atoms with E-state index in [1.54, 1.807) is 6.20 Å². The quantitative estimate of drug-likeness (QED) is 0.461. The molecule has 0 amide bonds. The summed E-state index contributed by atoms with van der Waals surface area (Å²) in [4.78, 5) is 16.9. The molecule has 1 aliphatic heterocycles. The molecule has 0 spiro atoms. The molecule has 4 aromatic rings. The van der Waals surface area contributed by atoms with Crippen molar-refractivity contribution >= 4 is 22.7 Å². The van der Waals surface area contributed by atoms with Crippen molar-refractivity contribution in [1.82, 2.24) is 29.7 Å². The number of rotatable bonds is 5. The first kappa shape index (κ1) is 21.7. The van der Waals surface area contributed by atoms with Crippen molar-refractivity contribution in [3.8, 4) is 22.6 Å². The molecule has 6 rings (SSSR count). The van der Waals surface area contributed by atoms with E-state index in [1.165, 1.54) is 5.57 Å². The van der Waals surface area contributed by atoms with Gasteiger partial charge in [-0.3, -0.25) is 9.47 Å². The smallest absolute Gasteiger partial charge is 0.165 e. The first-order chi connectivity index (χ1) is 17.2. The number of benzene rings is 1. The lowest BCUT2D eigenvalue weighted by Gasteiger charge is -2.33. The molecule has 0 bridgehead atoms. The van der Waals surface area contributed by atoms with Gasteiger partial charge in [-0.05, 0) is 42.8 Å². The van der Waals surface area contributed by atoms with Crippen LogP contribution in [0.15, 0.2) is 78.5 Å². The zero-order valence-electron chi connectivity index (χ0n) is 19.9. The van der Waals surface area contributed by atoms with Crippen LogP contribution in [0.4, 0.5) is 5.82 Å². The number of nitrogen functional groups attached to an aromatic ring is 1. The second-order valence-electron chi connectivity index (χ2n) is 9.15. The van der Waals surface area contributed by atoms with Gasteiger partial charge in [-0.2, -0.15) is 0 Å². The van der Waals surface area contributed by atoms with Crippen LogP contribution in [0.5, 0.6) is 0 Å². The highest BCUT2D eigenvalue weighted by Crippen LogP contribution is 2.36. The Morgan fingerprint density at radius 3 is 2.57 bits per heavy atom. The number of hydrogen-bond donors (Lipinski definition) is 2. The lowest BCUT2D eigenvalue weighted by molar-refractivity contribution is 0.204. The molecule has 0 unspecified atom stereocenters. The number of hydrogen-bond acceptors (Lipinski definition) is 6. The third-order valence-electron chi connectivity index (χ3n) is 7.05. The fraction of sp³-hybridized carbons (Fsp3) is 0.250. The maximum atomic E-state index is 6.31. The van der Waals surface area contributed by atoms with Gasteiger partial charge in [-0.25, -0.2) is 15.0 Å². The normalized spacial score (nSPS) is 17.4. The number of imidazole rings is 1. The molecule has 1 atom stereocenters.